The average Bonchev–Trinajstić information content (AvgIpc) is 2.77. The molecule has 0 unspecified atom stereocenters. The van der Waals surface area contributed by atoms with Gasteiger partial charge in [0.05, 0.1) is 0 Å². The van der Waals surface area contributed by atoms with E-state index in [-0.39, 0.29) is 0 Å². The summed E-state index contributed by atoms with van der Waals surface area (Å²) in [6, 6.07) is 0.878. The standard InChI is InChI=1S/C16H27N/c1-2-4-15(3-1)17-11-16-8-12-5-13(9-16)7-14(6-12)10-16/h12-15,17H,1-11H2. The van der Waals surface area contributed by atoms with Gasteiger partial charge in [0.25, 0.3) is 0 Å². The van der Waals surface area contributed by atoms with Crippen LogP contribution in [0.4, 0.5) is 0 Å². The van der Waals surface area contributed by atoms with Crippen LogP contribution in [0.15, 0.2) is 0 Å². The van der Waals surface area contributed by atoms with Gasteiger partial charge in [-0.25, -0.2) is 0 Å². The predicted molar refractivity (Wildman–Crippen MR) is 70.9 cm³/mol. The molecule has 96 valence electrons. The third-order valence-electron chi connectivity index (χ3n) is 6.29. The van der Waals surface area contributed by atoms with Crippen molar-refractivity contribution in [3.8, 4) is 0 Å². The molecule has 5 fully saturated rings. The molecule has 5 rings (SSSR count). The van der Waals surface area contributed by atoms with Crippen LogP contribution in [0.3, 0.4) is 0 Å². The first-order valence-corrected chi connectivity index (χ1v) is 8.05. The fraction of sp³-hybridized carbons (Fsp3) is 1.00. The molecule has 0 aromatic rings. The highest BCUT2D eigenvalue weighted by Crippen LogP contribution is 2.59. The lowest BCUT2D eigenvalue weighted by Gasteiger charge is -2.57. The minimum Gasteiger partial charge on any atom is -0.313 e. The van der Waals surface area contributed by atoms with Crippen LogP contribution in [0.2, 0.25) is 0 Å². The van der Waals surface area contributed by atoms with Crippen molar-refractivity contribution >= 4 is 0 Å². The summed E-state index contributed by atoms with van der Waals surface area (Å²) in [5.41, 5.74) is 0.747. The monoisotopic (exact) mass is 233 g/mol. The molecule has 5 aliphatic rings. The number of rotatable bonds is 3. The fourth-order valence-electron chi connectivity index (χ4n) is 6.00. The zero-order valence-corrected chi connectivity index (χ0v) is 11.1. The Morgan fingerprint density at radius 3 is 1.88 bits per heavy atom. The second kappa shape index (κ2) is 3.98. The molecule has 0 aromatic heterocycles. The molecule has 1 N–H and O–H groups in total. The molecule has 0 saturated heterocycles. The molecule has 0 radical (unpaired) electrons. The largest absolute Gasteiger partial charge is 0.313 e. The van der Waals surface area contributed by atoms with Crippen LogP contribution in [0.1, 0.15) is 64.2 Å². The molecule has 5 aliphatic carbocycles. The number of nitrogens with one attached hydrogen (secondary N) is 1. The Hall–Kier alpha value is -0.0400. The lowest BCUT2D eigenvalue weighted by Crippen LogP contribution is -2.51. The van der Waals surface area contributed by atoms with Gasteiger partial charge >= 0.3 is 0 Å². The summed E-state index contributed by atoms with van der Waals surface area (Å²) in [5, 5.41) is 3.94. The summed E-state index contributed by atoms with van der Waals surface area (Å²) >= 11 is 0. The Morgan fingerprint density at radius 2 is 1.35 bits per heavy atom. The third kappa shape index (κ3) is 1.95. The van der Waals surface area contributed by atoms with Gasteiger partial charge in [-0.15, -0.1) is 0 Å². The Balaban J connectivity index is 1.42. The minimum absolute atomic E-state index is 0.747. The molecular formula is C16H27N. The van der Waals surface area contributed by atoms with Gasteiger partial charge in [-0.3, -0.25) is 0 Å². The molecule has 0 aliphatic heterocycles. The van der Waals surface area contributed by atoms with E-state index in [1.807, 2.05) is 0 Å². The quantitative estimate of drug-likeness (QED) is 0.783. The van der Waals surface area contributed by atoms with E-state index >= 15 is 0 Å². The van der Waals surface area contributed by atoms with Crippen LogP contribution in [-0.4, -0.2) is 12.6 Å². The van der Waals surface area contributed by atoms with Gasteiger partial charge in [0, 0.05) is 12.6 Å². The van der Waals surface area contributed by atoms with Crippen molar-refractivity contribution in [3.63, 3.8) is 0 Å². The third-order valence-corrected chi connectivity index (χ3v) is 6.29. The van der Waals surface area contributed by atoms with Gasteiger partial charge < -0.3 is 5.32 Å². The van der Waals surface area contributed by atoms with Crippen molar-refractivity contribution in [2.45, 2.75) is 70.3 Å². The van der Waals surface area contributed by atoms with E-state index in [0.29, 0.717) is 0 Å². The predicted octanol–water partition coefficient (Wildman–Crippen LogP) is 3.74. The summed E-state index contributed by atoms with van der Waals surface area (Å²) in [6.45, 7) is 1.36. The molecule has 0 aromatic carbocycles. The molecule has 0 spiro atoms. The maximum absolute atomic E-state index is 3.94. The van der Waals surface area contributed by atoms with Crippen molar-refractivity contribution in [2.75, 3.05) is 6.54 Å². The van der Waals surface area contributed by atoms with E-state index < -0.39 is 0 Å². The lowest BCUT2D eigenvalue weighted by molar-refractivity contribution is -0.0523. The van der Waals surface area contributed by atoms with Crippen molar-refractivity contribution in [2.24, 2.45) is 23.2 Å². The summed E-state index contributed by atoms with van der Waals surface area (Å²) in [7, 11) is 0. The topological polar surface area (TPSA) is 12.0 Å². The first kappa shape index (κ1) is 10.8. The van der Waals surface area contributed by atoms with Crippen LogP contribution in [-0.2, 0) is 0 Å². The smallest absolute Gasteiger partial charge is 0.00672 e. The first-order chi connectivity index (χ1) is 8.31. The maximum atomic E-state index is 3.94. The molecule has 1 nitrogen and oxygen atoms in total. The van der Waals surface area contributed by atoms with E-state index in [4.69, 9.17) is 0 Å². The number of hydrogen-bond donors (Lipinski definition) is 1. The van der Waals surface area contributed by atoms with Gasteiger partial charge in [-0.1, -0.05) is 12.8 Å². The molecular weight excluding hydrogens is 206 g/mol. The Morgan fingerprint density at radius 1 is 0.824 bits per heavy atom. The van der Waals surface area contributed by atoms with E-state index in [2.05, 4.69) is 5.32 Å². The van der Waals surface area contributed by atoms with E-state index in [9.17, 15) is 0 Å². The SMILES string of the molecule is C1CCC(NCC23CC4CC(CC(C4)C2)C3)C1. The van der Waals surface area contributed by atoms with Crippen molar-refractivity contribution in [1.82, 2.24) is 5.32 Å². The maximum Gasteiger partial charge on any atom is 0.00672 e. The molecule has 0 atom stereocenters. The van der Waals surface area contributed by atoms with Crippen LogP contribution < -0.4 is 5.32 Å². The van der Waals surface area contributed by atoms with Gasteiger partial charge in [-0.05, 0) is 74.5 Å². The highest BCUT2D eigenvalue weighted by atomic mass is 14.9. The Bertz CT molecular complexity index is 255. The summed E-state index contributed by atoms with van der Waals surface area (Å²) in [4.78, 5) is 0. The molecule has 0 heterocycles. The minimum atomic E-state index is 0.747. The molecule has 17 heavy (non-hydrogen) atoms. The van der Waals surface area contributed by atoms with Crippen molar-refractivity contribution in [1.29, 1.82) is 0 Å². The fourth-order valence-corrected chi connectivity index (χ4v) is 6.00. The van der Waals surface area contributed by atoms with Crippen LogP contribution in [0, 0.1) is 23.2 Å². The normalized spacial score (nSPS) is 49.1. The second-order valence-electron chi connectivity index (χ2n) is 7.78. The summed E-state index contributed by atoms with van der Waals surface area (Å²) in [5.74, 6) is 3.35. The van der Waals surface area contributed by atoms with Gasteiger partial charge in [0.15, 0.2) is 0 Å². The van der Waals surface area contributed by atoms with Crippen LogP contribution >= 0.6 is 0 Å². The Kier molecular flexibility index (Phi) is 2.54. The highest BCUT2D eigenvalue weighted by molar-refractivity contribution is 5.02. The average molecular weight is 233 g/mol. The zero-order valence-electron chi connectivity index (χ0n) is 11.1. The first-order valence-electron chi connectivity index (χ1n) is 8.05. The van der Waals surface area contributed by atoms with E-state index in [0.717, 1.165) is 29.2 Å². The molecule has 0 amide bonds. The number of hydrogen-bond acceptors (Lipinski definition) is 1. The van der Waals surface area contributed by atoms with Crippen LogP contribution in [0.5, 0.6) is 0 Å². The van der Waals surface area contributed by atoms with Gasteiger partial charge in [-0.2, -0.15) is 0 Å². The zero-order chi connectivity index (χ0) is 11.3. The van der Waals surface area contributed by atoms with E-state index in [1.165, 1.54) is 32.2 Å². The van der Waals surface area contributed by atoms with E-state index in [1.54, 1.807) is 38.5 Å². The van der Waals surface area contributed by atoms with Crippen LogP contribution in [0.25, 0.3) is 0 Å². The van der Waals surface area contributed by atoms with Gasteiger partial charge in [0.1, 0.15) is 0 Å². The highest BCUT2D eigenvalue weighted by Gasteiger charge is 2.50. The summed E-state index contributed by atoms with van der Waals surface area (Å²) in [6.07, 6.45) is 15.3. The lowest BCUT2D eigenvalue weighted by atomic mass is 9.49. The molecule has 4 bridgehead atoms. The summed E-state index contributed by atoms with van der Waals surface area (Å²) < 4.78 is 0. The Labute approximate surface area is 106 Å². The second-order valence-corrected chi connectivity index (χ2v) is 7.78. The molecule has 5 saturated carbocycles. The van der Waals surface area contributed by atoms with Crippen molar-refractivity contribution in [3.05, 3.63) is 0 Å². The molecule has 1 heteroatoms. The van der Waals surface area contributed by atoms with Crippen molar-refractivity contribution < 1.29 is 0 Å². The van der Waals surface area contributed by atoms with Gasteiger partial charge in [0.2, 0.25) is 0 Å².